The van der Waals surface area contributed by atoms with Crippen molar-refractivity contribution in [3.8, 4) is 0 Å². The Kier molecular flexibility index (Phi) is 9.77. The maximum Gasteiger partial charge on any atom is 0.322 e. The smallest absolute Gasteiger partial charge is 0.322 e. The van der Waals surface area contributed by atoms with E-state index in [2.05, 4.69) is 0 Å². The number of ether oxygens (including phenoxy) is 2. The minimum Gasteiger partial charge on any atom is -0.465 e. The molecule has 2 atom stereocenters. The maximum atomic E-state index is 11.5. The maximum absolute atomic E-state index is 11.5. The van der Waals surface area contributed by atoms with Crippen molar-refractivity contribution in [2.45, 2.75) is 44.9 Å². The fraction of sp³-hybridized carbons (Fsp3) is 0.833. The van der Waals surface area contributed by atoms with Crippen molar-refractivity contribution in [3.63, 3.8) is 0 Å². The second-order valence-electron chi connectivity index (χ2n) is 3.67. The number of hydrogen-bond acceptors (Lipinski definition) is 6. The highest BCUT2D eigenvalue weighted by atomic mass is 32.2. The number of nitrogens with two attached hydrogens (primary N) is 1. The van der Waals surface area contributed by atoms with Crippen molar-refractivity contribution in [1.82, 2.24) is 0 Å². The van der Waals surface area contributed by atoms with Gasteiger partial charge < -0.3 is 15.2 Å². The first-order valence-corrected chi connectivity index (χ1v) is 7.32. The number of esters is 2. The number of carbonyl (C=O) groups excluding carboxylic acids is 2. The molecular formula is C12H23NO4S. The number of hydrogen-bond donors (Lipinski definition) is 1. The lowest BCUT2D eigenvalue weighted by molar-refractivity contribution is -0.144. The molecule has 0 aromatic rings. The second kappa shape index (κ2) is 10.2. The van der Waals surface area contributed by atoms with Crippen LogP contribution in [0.5, 0.6) is 0 Å². The summed E-state index contributed by atoms with van der Waals surface area (Å²) in [6, 6.07) is -0.614. The summed E-state index contributed by atoms with van der Waals surface area (Å²) in [4.78, 5) is 22.8. The summed E-state index contributed by atoms with van der Waals surface area (Å²) < 4.78 is 9.76. The molecule has 0 fully saturated rings. The Morgan fingerprint density at radius 2 is 1.67 bits per heavy atom. The van der Waals surface area contributed by atoms with E-state index in [1.165, 1.54) is 11.8 Å². The summed E-state index contributed by atoms with van der Waals surface area (Å²) in [5.41, 5.74) is 5.66. The quantitative estimate of drug-likeness (QED) is 0.641. The number of rotatable bonds is 9. The summed E-state index contributed by atoms with van der Waals surface area (Å²) in [6.07, 6.45) is 1.21. The monoisotopic (exact) mass is 277 g/mol. The third-order valence-corrected chi connectivity index (χ3v) is 3.66. The molecular weight excluding hydrogens is 254 g/mol. The first-order valence-electron chi connectivity index (χ1n) is 6.27. The minimum atomic E-state index is -0.614. The van der Waals surface area contributed by atoms with Crippen molar-refractivity contribution >= 4 is 23.7 Å². The van der Waals surface area contributed by atoms with Gasteiger partial charge in [0.15, 0.2) is 0 Å². The van der Waals surface area contributed by atoms with Crippen LogP contribution in [-0.4, -0.2) is 42.2 Å². The highest BCUT2D eigenvalue weighted by Gasteiger charge is 2.20. The van der Waals surface area contributed by atoms with E-state index < -0.39 is 6.04 Å². The van der Waals surface area contributed by atoms with Gasteiger partial charge in [-0.15, -0.1) is 11.8 Å². The zero-order valence-corrected chi connectivity index (χ0v) is 12.1. The summed E-state index contributed by atoms with van der Waals surface area (Å²) >= 11 is 1.47. The van der Waals surface area contributed by atoms with Gasteiger partial charge in [-0.1, -0.05) is 6.92 Å². The summed E-state index contributed by atoms with van der Waals surface area (Å²) in [5, 5.41) is -0.181. The van der Waals surface area contributed by atoms with Crippen LogP contribution in [0.3, 0.4) is 0 Å². The predicted octanol–water partition coefficient (Wildman–Crippen LogP) is 1.34. The van der Waals surface area contributed by atoms with E-state index >= 15 is 0 Å². The lowest BCUT2D eigenvalue weighted by Crippen LogP contribution is -2.33. The molecule has 106 valence electrons. The molecule has 0 aromatic heterocycles. The molecule has 0 saturated carbocycles. The standard InChI is InChI=1S/C12H23NO4S/c1-4-10(12(15)17-6-3)18-8-7-9(13)11(14)16-5-2/h9-10H,4-8,13H2,1-3H3. The molecule has 6 heteroatoms. The molecule has 0 aromatic carbocycles. The minimum absolute atomic E-state index is 0.181. The SMILES string of the molecule is CCOC(=O)C(N)CCSC(CC)C(=O)OCC. The molecule has 0 amide bonds. The third kappa shape index (κ3) is 6.86. The third-order valence-electron chi connectivity index (χ3n) is 2.26. The van der Waals surface area contributed by atoms with Crippen LogP contribution in [0.1, 0.15) is 33.6 Å². The van der Waals surface area contributed by atoms with Crippen LogP contribution < -0.4 is 5.73 Å². The van der Waals surface area contributed by atoms with Crippen LogP contribution >= 0.6 is 11.8 Å². The highest BCUT2D eigenvalue weighted by Crippen LogP contribution is 2.17. The zero-order valence-electron chi connectivity index (χ0n) is 11.3. The van der Waals surface area contributed by atoms with Gasteiger partial charge in [0.05, 0.1) is 13.2 Å². The normalized spacial score (nSPS) is 13.8. The van der Waals surface area contributed by atoms with Gasteiger partial charge in [0.2, 0.25) is 0 Å². The Hall–Kier alpha value is -0.750. The fourth-order valence-electron chi connectivity index (χ4n) is 1.29. The van der Waals surface area contributed by atoms with E-state index in [4.69, 9.17) is 15.2 Å². The van der Waals surface area contributed by atoms with Gasteiger partial charge in [0.25, 0.3) is 0 Å². The molecule has 0 saturated heterocycles. The molecule has 0 bridgehead atoms. The van der Waals surface area contributed by atoms with E-state index in [1.54, 1.807) is 13.8 Å². The van der Waals surface area contributed by atoms with Gasteiger partial charge in [0, 0.05) is 0 Å². The van der Waals surface area contributed by atoms with Crippen LogP contribution in [0.4, 0.5) is 0 Å². The van der Waals surface area contributed by atoms with Crippen molar-refractivity contribution in [3.05, 3.63) is 0 Å². The molecule has 2 unspecified atom stereocenters. The van der Waals surface area contributed by atoms with Gasteiger partial charge in [-0.3, -0.25) is 9.59 Å². The van der Waals surface area contributed by atoms with Crippen LogP contribution in [0, 0.1) is 0 Å². The summed E-state index contributed by atoms with van der Waals surface area (Å²) in [5.74, 6) is 0.0501. The fourth-order valence-corrected chi connectivity index (χ4v) is 2.41. The van der Waals surface area contributed by atoms with Crippen LogP contribution in [0.25, 0.3) is 0 Å². The van der Waals surface area contributed by atoms with Gasteiger partial charge in [-0.25, -0.2) is 0 Å². The molecule has 0 aliphatic rings. The van der Waals surface area contributed by atoms with Gasteiger partial charge in [0.1, 0.15) is 11.3 Å². The van der Waals surface area contributed by atoms with Crippen LogP contribution in [0.2, 0.25) is 0 Å². The number of thioether (sulfide) groups is 1. The van der Waals surface area contributed by atoms with Crippen LogP contribution in [0.15, 0.2) is 0 Å². The Balaban J connectivity index is 3.93. The van der Waals surface area contributed by atoms with Crippen LogP contribution in [-0.2, 0) is 19.1 Å². The predicted molar refractivity (Wildman–Crippen MR) is 72.4 cm³/mol. The lowest BCUT2D eigenvalue weighted by atomic mass is 10.2. The molecule has 5 nitrogen and oxygen atoms in total. The Bertz CT molecular complexity index is 260. The lowest BCUT2D eigenvalue weighted by Gasteiger charge is -2.14. The molecule has 2 N–H and O–H groups in total. The van der Waals surface area contributed by atoms with Gasteiger partial charge >= 0.3 is 11.9 Å². The Morgan fingerprint density at radius 3 is 2.17 bits per heavy atom. The average Bonchev–Trinajstić information content (AvgIpc) is 2.34. The topological polar surface area (TPSA) is 78.6 Å². The van der Waals surface area contributed by atoms with E-state index in [-0.39, 0.29) is 17.2 Å². The average molecular weight is 277 g/mol. The molecule has 0 radical (unpaired) electrons. The van der Waals surface area contributed by atoms with Crippen molar-refractivity contribution in [2.75, 3.05) is 19.0 Å². The summed E-state index contributed by atoms with van der Waals surface area (Å²) in [6.45, 7) is 6.18. The van der Waals surface area contributed by atoms with Crippen molar-refractivity contribution in [2.24, 2.45) is 5.73 Å². The van der Waals surface area contributed by atoms with Gasteiger partial charge in [-0.05, 0) is 32.4 Å². The Morgan fingerprint density at radius 1 is 1.11 bits per heavy atom. The molecule has 0 rings (SSSR count). The molecule has 0 heterocycles. The van der Waals surface area contributed by atoms with Crippen molar-refractivity contribution < 1.29 is 19.1 Å². The zero-order chi connectivity index (χ0) is 14.0. The summed E-state index contributed by atoms with van der Waals surface area (Å²) in [7, 11) is 0. The van der Waals surface area contributed by atoms with E-state index in [1.807, 2.05) is 6.92 Å². The van der Waals surface area contributed by atoms with E-state index in [9.17, 15) is 9.59 Å². The first kappa shape index (κ1) is 17.2. The van der Waals surface area contributed by atoms with Crippen molar-refractivity contribution in [1.29, 1.82) is 0 Å². The largest absolute Gasteiger partial charge is 0.465 e. The van der Waals surface area contributed by atoms with Gasteiger partial charge in [-0.2, -0.15) is 0 Å². The Labute approximate surface area is 113 Å². The highest BCUT2D eigenvalue weighted by molar-refractivity contribution is 8.00. The number of carbonyl (C=O) groups is 2. The van der Waals surface area contributed by atoms with E-state index in [0.717, 1.165) is 0 Å². The molecule has 0 spiro atoms. The molecule has 18 heavy (non-hydrogen) atoms. The first-order chi connectivity index (χ1) is 8.56. The second-order valence-corrected chi connectivity index (χ2v) is 4.98. The molecule has 0 aliphatic carbocycles. The molecule has 0 aliphatic heterocycles. The van der Waals surface area contributed by atoms with E-state index in [0.29, 0.717) is 31.8 Å².